The lowest BCUT2D eigenvalue weighted by Crippen LogP contribution is -2.45. The Morgan fingerprint density at radius 1 is 1.08 bits per heavy atom. The van der Waals surface area contributed by atoms with Crippen molar-refractivity contribution < 1.29 is 14.3 Å². The molecule has 1 aromatic rings. The molecule has 4 aliphatic carbocycles. The molecule has 0 unspecified atom stereocenters. The van der Waals surface area contributed by atoms with Crippen LogP contribution >= 0.6 is 0 Å². The SMILES string of the molecule is CC#CCOCC(=O)[C@H]1CC[C@H]2[C@@H]3CCC4=CC(=O)CCC4=C3[C@@H](c3ccc(N4CCCC4)cc3)C[C@]12C. The first-order valence-electron chi connectivity index (χ1n) is 14.8. The third kappa shape index (κ3) is 4.47. The molecule has 1 heterocycles. The van der Waals surface area contributed by atoms with Gasteiger partial charge in [0.05, 0.1) is 0 Å². The molecule has 0 aromatic heterocycles. The van der Waals surface area contributed by atoms with E-state index in [0.717, 1.165) is 51.6 Å². The second kappa shape index (κ2) is 10.5. The Balaban J connectivity index is 1.36. The highest BCUT2D eigenvalue weighted by molar-refractivity contribution is 5.93. The van der Waals surface area contributed by atoms with Gasteiger partial charge in [-0.2, -0.15) is 0 Å². The average molecular weight is 512 g/mol. The molecule has 3 fully saturated rings. The fraction of sp³-hybridized carbons (Fsp3) is 0.588. The van der Waals surface area contributed by atoms with E-state index >= 15 is 0 Å². The molecule has 6 rings (SSSR count). The summed E-state index contributed by atoms with van der Waals surface area (Å²) in [5, 5.41) is 0. The van der Waals surface area contributed by atoms with E-state index in [0.29, 0.717) is 30.8 Å². The van der Waals surface area contributed by atoms with E-state index in [1.807, 2.05) is 6.08 Å². The maximum atomic E-state index is 13.5. The van der Waals surface area contributed by atoms with E-state index in [9.17, 15) is 9.59 Å². The molecule has 38 heavy (non-hydrogen) atoms. The largest absolute Gasteiger partial charge is 0.372 e. The van der Waals surface area contributed by atoms with Gasteiger partial charge in [0.25, 0.3) is 0 Å². The van der Waals surface area contributed by atoms with Gasteiger partial charge >= 0.3 is 0 Å². The molecular weight excluding hydrogens is 470 g/mol. The van der Waals surface area contributed by atoms with Crippen LogP contribution in [0.3, 0.4) is 0 Å². The second-order valence-electron chi connectivity index (χ2n) is 12.4. The Hall–Kier alpha value is -2.64. The van der Waals surface area contributed by atoms with E-state index in [-0.39, 0.29) is 29.5 Å². The van der Waals surface area contributed by atoms with E-state index in [1.54, 1.807) is 12.5 Å². The number of fused-ring (bicyclic) bond motifs is 4. The number of hydrogen-bond acceptors (Lipinski definition) is 4. The molecule has 5 aliphatic rings. The number of Topliss-reactive ketones (excluding diaryl/α,β-unsaturated/α-hetero) is 1. The van der Waals surface area contributed by atoms with Crippen molar-refractivity contribution in [1.82, 2.24) is 0 Å². The predicted molar refractivity (Wildman–Crippen MR) is 151 cm³/mol. The van der Waals surface area contributed by atoms with Crippen molar-refractivity contribution in [3.05, 3.63) is 52.6 Å². The van der Waals surface area contributed by atoms with Gasteiger partial charge in [0.1, 0.15) is 13.2 Å². The van der Waals surface area contributed by atoms with Crippen LogP contribution in [0.25, 0.3) is 0 Å². The topological polar surface area (TPSA) is 46.6 Å². The van der Waals surface area contributed by atoms with Crippen LogP contribution in [-0.4, -0.2) is 37.9 Å². The number of ketones is 2. The molecule has 1 saturated heterocycles. The molecular formula is C34H41NO3. The standard InChI is InChI=1S/C34H41NO3/c1-3-4-19-38-22-32(37)31-16-15-30-28-13-9-24-20-26(36)12-14-27(24)33(28)29(21-34(30,31)2)23-7-10-25(11-8-23)35-17-5-6-18-35/h7-8,10-11,20,28-31H,5-6,9,12-19,21-22H2,1-2H3/t28-,29+,30-,31+,34-/m0/s1. The number of anilines is 1. The molecule has 5 atom stereocenters. The Morgan fingerprint density at radius 2 is 1.87 bits per heavy atom. The third-order valence-corrected chi connectivity index (χ3v) is 10.5. The maximum absolute atomic E-state index is 13.5. The van der Waals surface area contributed by atoms with Gasteiger partial charge in [0.2, 0.25) is 0 Å². The zero-order valence-electron chi connectivity index (χ0n) is 23.1. The van der Waals surface area contributed by atoms with Crippen molar-refractivity contribution >= 4 is 17.3 Å². The number of nitrogens with zero attached hydrogens (tertiary/aromatic N) is 1. The summed E-state index contributed by atoms with van der Waals surface area (Å²) in [6.07, 6.45) is 11.2. The first-order chi connectivity index (χ1) is 18.5. The Labute approximate surface area is 227 Å². The molecule has 4 heteroatoms. The fourth-order valence-corrected chi connectivity index (χ4v) is 8.75. The lowest BCUT2D eigenvalue weighted by Gasteiger charge is -2.52. The smallest absolute Gasteiger partial charge is 0.162 e. The lowest BCUT2D eigenvalue weighted by molar-refractivity contribution is -0.131. The molecule has 4 nitrogen and oxygen atoms in total. The Bertz CT molecular complexity index is 1220. The van der Waals surface area contributed by atoms with Gasteiger partial charge in [-0.3, -0.25) is 9.59 Å². The van der Waals surface area contributed by atoms with Crippen LogP contribution < -0.4 is 4.90 Å². The van der Waals surface area contributed by atoms with E-state index < -0.39 is 0 Å². The van der Waals surface area contributed by atoms with Crippen LogP contribution in [0.2, 0.25) is 0 Å². The van der Waals surface area contributed by atoms with Crippen molar-refractivity contribution in [2.75, 3.05) is 31.2 Å². The van der Waals surface area contributed by atoms with Crippen LogP contribution in [0, 0.1) is 35.0 Å². The van der Waals surface area contributed by atoms with Crippen LogP contribution in [0.5, 0.6) is 0 Å². The van der Waals surface area contributed by atoms with E-state index in [4.69, 9.17) is 4.74 Å². The van der Waals surface area contributed by atoms with Crippen LogP contribution in [0.1, 0.15) is 83.1 Å². The highest BCUT2D eigenvalue weighted by Crippen LogP contribution is 2.65. The van der Waals surface area contributed by atoms with Gasteiger partial charge in [0, 0.05) is 37.0 Å². The number of hydrogen-bond donors (Lipinski definition) is 0. The number of ether oxygens (including phenoxy) is 1. The summed E-state index contributed by atoms with van der Waals surface area (Å²) in [5.41, 5.74) is 7.06. The summed E-state index contributed by atoms with van der Waals surface area (Å²) in [7, 11) is 0. The maximum Gasteiger partial charge on any atom is 0.162 e. The van der Waals surface area contributed by atoms with E-state index in [1.165, 1.54) is 35.2 Å². The summed E-state index contributed by atoms with van der Waals surface area (Å²) >= 11 is 0. The fourth-order valence-electron chi connectivity index (χ4n) is 8.75. The minimum Gasteiger partial charge on any atom is -0.372 e. The molecule has 0 radical (unpaired) electrons. The molecule has 0 bridgehead atoms. The zero-order chi connectivity index (χ0) is 26.3. The molecule has 2 saturated carbocycles. The first-order valence-corrected chi connectivity index (χ1v) is 14.8. The molecule has 0 N–H and O–H groups in total. The van der Waals surface area contributed by atoms with Crippen molar-refractivity contribution in [1.29, 1.82) is 0 Å². The zero-order valence-corrected chi connectivity index (χ0v) is 23.1. The minimum absolute atomic E-state index is 0.0321. The van der Waals surface area contributed by atoms with Crippen molar-refractivity contribution in [2.45, 2.75) is 77.6 Å². The van der Waals surface area contributed by atoms with Gasteiger partial charge in [0.15, 0.2) is 11.6 Å². The van der Waals surface area contributed by atoms with Crippen LogP contribution in [0.4, 0.5) is 5.69 Å². The summed E-state index contributed by atoms with van der Waals surface area (Å²) in [5.74, 6) is 7.68. The highest BCUT2D eigenvalue weighted by atomic mass is 16.5. The van der Waals surface area contributed by atoms with Gasteiger partial charge < -0.3 is 9.64 Å². The summed E-state index contributed by atoms with van der Waals surface area (Å²) in [4.78, 5) is 28.3. The summed E-state index contributed by atoms with van der Waals surface area (Å²) in [6, 6.07) is 9.35. The Morgan fingerprint density at radius 3 is 2.63 bits per heavy atom. The number of rotatable bonds is 6. The summed E-state index contributed by atoms with van der Waals surface area (Å²) < 4.78 is 5.66. The van der Waals surface area contributed by atoms with Gasteiger partial charge in [-0.15, -0.1) is 5.92 Å². The number of allylic oxidation sites excluding steroid dienone is 4. The van der Waals surface area contributed by atoms with Gasteiger partial charge in [-0.25, -0.2) is 0 Å². The normalized spacial score (nSPS) is 32.2. The summed E-state index contributed by atoms with van der Waals surface area (Å²) in [6.45, 7) is 7.00. The molecule has 200 valence electrons. The number of benzene rings is 1. The monoisotopic (exact) mass is 511 g/mol. The van der Waals surface area contributed by atoms with Crippen molar-refractivity contribution in [3.63, 3.8) is 0 Å². The Kier molecular flexibility index (Phi) is 7.08. The highest BCUT2D eigenvalue weighted by Gasteiger charge is 2.58. The average Bonchev–Trinajstić information content (AvgIpc) is 3.58. The minimum atomic E-state index is -0.0321. The lowest BCUT2D eigenvalue weighted by atomic mass is 9.51. The molecule has 0 amide bonds. The quantitative estimate of drug-likeness (QED) is 0.327. The van der Waals surface area contributed by atoms with Gasteiger partial charge in [-0.1, -0.05) is 30.6 Å². The van der Waals surface area contributed by atoms with Crippen molar-refractivity contribution in [2.24, 2.45) is 23.2 Å². The van der Waals surface area contributed by atoms with Gasteiger partial charge in [-0.05, 0) is 110 Å². The number of carbonyl (C=O) groups is 2. The predicted octanol–water partition coefficient (Wildman–Crippen LogP) is 6.41. The first kappa shape index (κ1) is 25.6. The molecule has 0 spiro atoms. The van der Waals surface area contributed by atoms with Crippen LogP contribution in [-0.2, 0) is 14.3 Å². The second-order valence-corrected chi connectivity index (χ2v) is 12.4. The molecule has 1 aliphatic heterocycles. The van der Waals surface area contributed by atoms with Crippen molar-refractivity contribution in [3.8, 4) is 11.8 Å². The van der Waals surface area contributed by atoms with Crippen LogP contribution in [0.15, 0.2) is 47.1 Å². The number of carbonyl (C=O) groups excluding carboxylic acids is 2. The third-order valence-electron chi connectivity index (χ3n) is 10.5. The molecule has 1 aromatic carbocycles. The van der Waals surface area contributed by atoms with E-state index in [2.05, 4.69) is 47.9 Å².